The molecule has 0 radical (unpaired) electrons. The smallest absolute Gasteiger partial charge is 0.239 e. The van der Waals surface area contributed by atoms with Gasteiger partial charge in [-0.25, -0.2) is 0 Å². The quantitative estimate of drug-likeness (QED) is 0.382. The summed E-state index contributed by atoms with van der Waals surface area (Å²) < 4.78 is 15.5. The number of amides is 1. The Morgan fingerprint density at radius 1 is 1.20 bits per heavy atom. The Morgan fingerprint density at radius 2 is 1.96 bits per heavy atom. The van der Waals surface area contributed by atoms with Crippen molar-refractivity contribution in [3.05, 3.63) is 23.8 Å². The molecule has 0 aliphatic carbocycles. The summed E-state index contributed by atoms with van der Waals surface area (Å²) in [6.07, 6.45) is 0. The van der Waals surface area contributed by atoms with Crippen LogP contribution in [0.3, 0.4) is 0 Å². The zero-order chi connectivity index (χ0) is 18.7. The Hall–Kier alpha value is -2.48. The van der Waals surface area contributed by atoms with Crippen LogP contribution in [0.2, 0.25) is 0 Å². The largest absolute Gasteiger partial charge is 0.497 e. The van der Waals surface area contributed by atoms with E-state index in [1.165, 1.54) is 0 Å². The van der Waals surface area contributed by atoms with Crippen LogP contribution in [-0.2, 0) is 16.1 Å². The minimum atomic E-state index is -0.117. The van der Waals surface area contributed by atoms with Gasteiger partial charge in [0.15, 0.2) is 5.96 Å². The summed E-state index contributed by atoms with van der Waals surface area (Å²) >= 11 is 0. The number of hydrogen-bond donors (Lipinski definition) is 2. The van der Waals surface area contributed by atoms with Gasteiger partial charge in [0.05, 0.1) is 27.4 Å². The number of nitrogens with zero attached hydrogens (tertiary/aromatic N) is 2. The van der Waals surface area contributed by atoms with Gasteiger partial charge >= 0.3 is 0 Å². The molecule has 0 unspecified atom stereocenters. The molecule has 0 saturated heterocycles. The molecule has 0 aliphatic heterocycles. The van der Waals surface area contributed by atoms with Crippen LogP contribution in [0.25, 0.3) is 0 Å². The first kappa shape index (κ1) is 20.6. The van der Waals surface area contributed by atoms with Crippen molar-refractivity contribution in [2.24, 2.45) is 4.99 Å². The van der Waals surface area contributed by atoms with Crippen LogP contribution in [-0.4, -0.2) is 71.9 Å². The number of nitrogens with one attached hydrogen (secondary N) is 2. The standard InChI is InChI=1S/C17H28N4O4/c1-18-17(20-11-16(22)19-8-9-23-3)21(2)12-13-6-7-14(24-4)10-15(13)25-5/h6-7,10H,8-9,11-12H2,1-5H3,(H,18,20)(H,19,22). The number of benzene rings is 1. The van der Waals surface area contributed by atoms with Gasteiger partial charge < -0.3 is 29.7 Å². The van der Waals surface area contributed by atoms with E-state index in [2.05, 4.69) is 15.6 Å². The van der Waals surface area contributed by atoms with Crippen molar-refractivity contribution in [3.8, 4) is 11.5 Å². The van der Waals surface area contributed by atoms with Crippen molar-refractivity contribution in [3.63, 3.8) is 0 Å². The average Bonchev–Trinajstić information content (AvgIpc) is 2.62. The first-order chi connectivity index (χ1) is 12.0. The van der Waals surface area contributed by atoms with E-state index in [0.717, 1.165) is 17.1 Å². The van der Waals surface area contributed by atoms with E-state index in [9.17, 15) is 4.79 Å². The number of carbonyl (C=O) groups excluding carboxylic acids is 1. The molecule has 1 aromatic rings. The van der Waals surface area contributed by atoms with E-state index in [4.69, 9.17) is 14.2 Å². The fourth-order valence-electron chi connectivity index (χ4n) is 2.21. The van der Waals surface area contributed by atoms with Gasteiger partial charge in [-0.05, 0) is 12.1 Å². The van der Waals surface area contributed by atoms with Gasteiger partial charge in [-0.1, -0.05) is 0 Å². The molecule has 140 valence electrons. The summed E-state index contributed by atoms with van der Waals surface area (Å²) in [6, 6.07) is 5.66. The van der Waals surface area contributed by atoms with E-state index in [1.54, 1.807) is 28.4 Å². The van der Waals surface area contributed by atoms with Gasteiger partial charge in [0.25, 0.3) is 0 Å². The summed E-state index contributed by atoms with van der Waals surface area (Å²) in [6.45, 7) is 1.67. The molecule has 1 amide bonds. The Kier molecular flexibility index (Phi) is 9.16. The molecule has 2 N–H and O–H groups in total. The Bertz CT molecular complexity index is 578. The van der Waals surface area contributed by atoms with Crippen molar-refractivity contribution in [1.29, 1.82) is 0 Å². The molecule has 0 atom stereocenters. The molecule has 0 heterocycles. The van der Waals surface area contributed by atoms with E-state index in [-0.39, 0.29) is 12.5 Å². The Morgan fingerprint density at radius 3 is 2.56 bits per heavy atom. The molecular weight excluding hydrogens is 324 g/mol. The lowest BCUT2D eigenvalue weighted by Gasteiger charge is -2.23. The second-order valence-electron chi connectivity index (χ2n) is 5.28. The average molecular weight is 352 g/mol. The van der Waals surface area contributed by atoms with Gasteiger partial charge in [0.1, 0.15) is 11.5 Å². The fourth-order valence-corrected chi connectivity index (χ4v) is 2.21. The maximum Gasteiger partial charge on any atom is 0.239 e. The first-order valence-electron chi connectivity index (χ1n) is 7.94. The minimum Gasteiger partial charge on any atom is -0.497 e. The Balaban J connectivity index is 2.62. The lowest BCUT2D eigenvalue weighted by molar-refractivity contribution is -0.120. The van der Waals surface area contributed by atoms with Gasteiger partial charge in [0, 0.05) is 45.9 Å². The van der Waals surface area contributed by atoms with Crippen molar-refractivity contribution in [1.82, 2.24) is 15.5 Å². The molecule has 0 aliphatic rings. The lowest BCUT2D eigenvalue weighted by Crippen LogP contribution is -2.44. The molecule has 0 fully saturated rings. The van der Waals surface area contributed by atoms with E-state index in [1.807, 2.05) is 30.1 Å². The fraction of sp³-hybridized carbons (Fsp3) is 0.529. The lowest BCUT2D eigenvalue weighted by atomic mass is 10.2. The normalized spacial score (nSPS) is 11.0. The predicted octanol–water partition coefficient (Wildman–Crippen LogP) is 0.474. The number of guanidine groups is 1. The number of rotatable bonds is 9. The molecule has 0 bridgehead atoms. The third-order valence-electron chi connectivity index (χ3n) is 3.51. The van der Waals surface area contributed by atoms with E-state index in [0.29, 0.717) is 25.7 Å². The highest BCUT2D eigenvalue weighted by atomic mass is 16.5. The highest BCUT2D eigenvalue weighted by Gasteiger charge is 2.12. The molecule has 8 nitrogen and oxygen atoms in total. The van der Waals surface area contributed by atoms with Crippen molar-refractivity contribution in [2.75, 3.05) is 55.1 Å². The van der Waals surface area contributed by atoms with E-state index >= 15 is 0 Å². The topological polar surface area (TPSA) is 84.4 Å². The number of aliphatic imine (C=N–C) groups is 1. The number of methoxy groups -OCH3 is 3. The molecule has 0 spiro atoms. The zero-order valence-corrected chi connectivity index (χ0v) is 15.6. The van der Waals surface area contributed by atoms with Crippen LogP contribution in [0.4, 0.5) is 0 Å². The van der Waals surface area contributed by atoms with Crippen molar-refractivity contribution >= 4 is 11.9 Å². The van der Waals surface area contributed by atoms with Gasteiger partial charge in [-0.3, -0.25) is 9.79 Å². The molecule has 1 rings (SSSR count). The first-order valence-corrected chi connectivity index (χ1v) is 7.94. The molecular formula is C17H28N4O4. The minimum absolute atomic E-state index is 0.117. The van der Waals surface area contributed by atoms with Crippen molar-refractivity contribution < 1.29 is 19.0 Å². The second-order valence-corrected chi connectivity index (χ2v) is 5.28. The van der Waals surface area contributed by atoms with Crippen LogP contribution < -0.4 is 20.1 Å². The van der Waals surface area contributed by atoms with Gasteiger partial charge in [-0.2, -0.15) is 0 Å². The summed E-state index contributed by atoms with van der Waals surface area (Å²) in [5.74, 6) is 1.96. The van der Waals surface area contributed by atoms with Gasteiger partial charge in [-0.15, -0.1) is 0 Å². The molecule has 8 heteroatoms. The highest BCUT2D eigenvalue weighted by molar-refractivity contribution is 5.86. The van der Waals surface area contributed by atoms with Gasteiger partial charge in [0.2, 0.25) is 5.91 Å². The monoisotopic (exact) mass is 352 g/mol. The molecule has 1 aromatic carbocycles. The third-order valence-corrected chi connectivity index (χ3v) is 3.51. The summed E-state index contributed by atoms with van der Waals surface area (Å²) in [7, 11) is 8.39. The van der Waals surface area contributed by atoms with Crippen LogP contribution in [0, 0.1) is 0 Å². The SMILES string of the molecule is CN=C(NCC(=O)NCCOC)N(C)Cc1ccc(OC)cc1OC. The van der Waals surface area contributed by atoms with Crippen LogP contribution in [0.5, 0.6) is 11.5 Å². The third kappa shape index (κ3) is 6.88. The summed E-state index contributed by atoms with van der Waals surface area (Å²) in [4.78, 5) is 17.9. The predicted molar refractivity (Wildman–Crippen MR) is 97.3 cm³/mol. The molecule has 25 heavy (non-hydrogen) atoms. The zero-order valence-electron chi connectivity index (χ0n) is 15.6. The summed E-state index contributed by atoms with van der Waals surface area (Å²) in [5.41, 5.74) is 0.985. The summed E-state index contributed by atoms with van der Waals surface area (Å²) in [5, 5.41) is 5.78. The molecule has 0 aromatic heterocycles. The van der Waals surface area contributed by atoms with Crippen LogP contribution in [0.1, 0.15) is 5.56 Å². The second kappa shape index (κ2) is 11.1. The van der Waals surface area contributed by atoms with Crippen LogP contribution >= 0.6 is 0 Å². The highest BCUT2D eigenvalue weighted by Crippen LogP contribution is 2.25. The van der Waals surface area contributed by atoms with Crippen LogP contribution in [0.15, 0.2) is 23.2 Å². The van der Waals surface area contributed by atoms with E-state index < -0.39 is 0 Å². The molecule has 0 saturated carbocycles. The van der Waals surface area contributed by atoms with Crippen molar-refractivity contribution in [2.45, 2.75) is 6.54 Å². The maximum absolute atomic E-state index is 11.8. The maximum atomic E-state index is 11.8. The number of hydrogen-bond acceptors (Lipinski definition) is 5. The number of ether oxygens (including phenoxy) is 3. The number of carbonyl (C=O) groups is 1. The Labute approximate surface area is 149 Å².